The summed E-state index contributed by atoms with van der Waals surface area (Å²) in [6.45, 7) is 8.68. The van der Waals surface area contributed by atoms with Crippen LogP contribution < -0.4 is 5.56 Å². The Balaban J connectivity index is 2.90. The van der Waals surface area contributed by atoms with Crippen molar-refractivity contribution < 1.29 is 0 Å². The summed E-state index contributed by atoms with van der Waals surface area (Å²) in [4.78, 5) is 12.2. The van der Waals surface area contributed by atoms with E-state index < -0.39 is 0 Å². The zero-order chi connectivity index (χ0) is 13.4. The van der Waals surface area contributed by atoms with E-state index in [-0.39, 0.29) is 5.56 Å². The highest BCUT2D eigenvalue weighted by Gasteiger charge is 2.12. The molecular weight excluding hydrogens is 222 g/mol. The minimum atomic E-state index is 0.0944. The second-order valence-electron chi connectivity index (χ2n) is 5.61. The Kier molecular flexibility index (Phi) is 3.29. The Morgan fingerprint density at radius 3 is 2.22 bits per heavy atom. The van der Waals surface area contributed by atoms with Crippen LogP contribution >= 0.6 is 0 Å². The first-order valence-corrected chi connectivity index (χ1v) is 6.55. The van der Waals surface area contributed by atoms with Gasteiger partial charge in [-0.1, -0.05) is 33.8 Å². The number of benzene rings is 1. The Hall–Kier alpha value is -1.57. The lowest BCUT2D eigenvalue weighted by atomic mass is 9.91. The zero-order valence-electron chi connectivity index (χ0n) is 11.8. The van der Waals surface area contributed by atoms with Crippen molar-refractivity contribution in [3.05, 3.63) is 45.9 Å². The standard InChI is InChI=1S/C16H21NO/c1-10(2)12-8-14(11(3)4)13-6-7-17(5)16(18)15(13)9-12/h6-11H,1-5H3. The van der Waals surface area contributed by atoms with Crippen LogP contribution in [0.3, 0.4) is 0 Å². The van der Waals surface area contributed by atoms with Crippen LogP contribution in [0.1, 0.15) is 50.7 Å². The van der Waals surface area contributed by atoms with Crippen LogP contribution in [0.15, 0.2) is 29.2 Å². The molecular formula is C16H21NO. The summed E-state index contributed by atoms with van der Waals surface area (Å²) < 4.78 is 1.65. The summed E-state index contributed by atoms with van der Waals surface area (Å²) in [6, 6.07) is 6.35. The van der Waals surface area contributed by atoms with Crippen LogP contribution in [0, 0.1) is 0 Å². The van der Waals surface area contributed by atoms with Crippen molar-refractivity contribution in [3.63, 3.8) is 0 Å². The molecule has 2 rings (SSSR count). The third kappa shape index (κ3) is 2.07. The van der Waals surface area contributed by atoms with Gasteiger partial charge in [0.15, 0.2) is 0 Å². The lowest BCUT2D eigenvalue weighted by Gasteiger charge is -2.15. The van der Waals surface area contributed by atoms with Gasteiger partial charge in [0.2, 0.25) is 0 Å². The van der Waals surface area contributed by atoms with E-state index in [1.54, 1.807) is 11.6 Å². The number of hydrogen-bond acceptors (Lipinski definition) is 1. The maximum atomic E-state index is 12.2. The Labute approximate surface area is 108 Å². The SMILES string of the molecule is CC(C)c1cc(C(C)C)c2ccn(C)c(=O)c2c1. The summed E-state index contributed by atoms with van der Waals surface area (Å²) in [5.74, 6) is 0.870. The highest BCUT2D eigenvalue weighted by atomic mass is 16.1. The largest absolute Gasteiger partial charge is 0.318 e. The van der Waals surface area contributed by atoms with E-state index in [0.29, 0.717) is 11.8 Å². The summed E-state index contributed by atoms with van der Waals surface area (Å²) in [5, 5.41) is 1.94. The molecule has 0 fully saturated rings. The van der Waals surface area contributed by atoms with Gasteiger partial charge in [0.25, 0.3) is 5.56 Å². The normalized spacial score (nSPS) is 11.7. The van der Waals surface area contributed by atoms with Crippen LogP contribution in [0.5, 0.6) is 0 Å². The maximum Gasteiger partial charge on any atom is 0.258 e. The van der Waals surface area contributed by atoms with Gasteiger partial charge >= 0.3 is 0 Å². The lowest BCUT2D eigenvalue weighted by Crippen LogP contribution is -2.16. The number of rotatable bonds is 2. The van der Waals surface area contributed by atoms with E-state index >= 15 is 0 Å². The van der Waals surface area contributed by atoms with Crippen LogP contribution in [0.4, 0.5) is 0 Å². The fourth-order valence-electron chi connectivity index (χ4n) is 2.32. The summed E-state index contributed by atoms with van der Waals surface area (Å²) in [5.41, 5.74) is 2.61. The third-order valence-corrected chi connectivity index (χ3v) is 3.54. The van der Waals surface area contributed by atoms with Crippen molar-refractivity contribution in [2.24, 2.45) is 7.05 Å². The van der Waals surface area contributed by atoms with Crippen molar-refractivity contribution in [1.82, 2.24) is 4.57 Å². The van der Waals surface area contributed by atoms with Gasteiger partial charge < -0.3 is 4.57 Å². The van der Waals surface area contributed by atoms with Gasteiger partial charge in [0.05, 0.1) is 0 Å². The van der Waals surface area contributed by atoms with E-state index in [2.05, 4.69) is 39.8 Å². The molecule has 0 unspecified atom stereocenters. The molecule has 0 saturated heterocycles. The molecule has 0 saturated carbocycles. The molecule has 2 aromatic rings. The fourth-order valence-corrected chi connectivity index (χ4v) is 2.32. The van der Waals surface area contributed by atoms with Crippen LogP contribution in [0.2, 0.25) is 0 Å². The van der Waals surface area contributed by atoms with Gasteiger partial charge in [-0.2, -0.15) is 0 Å². The molecule has 0 N–H and O–H groups in total. The van der Waals surface area contributed by atoms with Crippen molar-refractivity contribution in [1.29, 1.82) is 0 Å². The molecule has 0 aliphatic rings. The molecule has 0 amide bonds. The van der Waals surface area contributed by atoms with Gasteiger partial charge in [-0.3, -0.25) is 4.79 Å². The number of hydrogen-bond donors (Lipinski definition) is 0. The van der Waals surface area contributed by atoms with Crippen molar-refractivity contribution in [3.8, 4) is 0 Å². The molecule has 0 radical (unpaired) electrons. The number of pyridine rings is 1. The summed E-state index contributed by atoms with van der Waals surface area (Å²) in [6.07, 6.45) is 1.85. The average molecular weight is 243 g/mol. The Morgan fingerprint density at radius 1 is 1.00 bits per heavy atom. The van der Waals surface area contributed by atoms with Crippen LogP contribution in [-0.4, -0.2) is 4.57 Å². The molecule has 1 aromatic carbocycles. The lowest BCUT2D eigenvalue weighted by molar-refractivity contribution is 0.835. The van der Waals surface area contributed by atoms with E-state index in [4.69, 9.17) is 0 Å². The van der Waals surface area contributed by atoms with Gasteiger partial charge in [-0.25, -0.2) is 0 Å². The molecule has 96 valence electrons. The minimum Gasteiger partial charge on any atom is -0.318 e. The molecule has 2 nitrogen and oxygen atoms in total. The topological polar surface area (TPSA) is 22.0 Å². The first-order chi connectivity index (χ1) is 8.41. The molecule has 0 aliphatic heterocycles. The number of nitrogens with zero attached hydrogens (tertiary/aromatic N) is 1. The number of aryl methyl sites for hydroxylation is 1. The van der Waals surface area contributed by atoms with Gasteiger partial charge in [0.1, 0.15) is 0 Å². The van der Waals surface area contributed by atoms with Gasteiger partial charge in [-0.15, -0.1) is 0 Å². The van der Waals surface area contributed by atoms with Crippen molar-refractivity contribution in [2.75, 3.05) is 0 Å². The molecule has 0 bridgehead atoms. The van der Waals surface area contributed by atoms with E-state index in [9.17, 15) is 4.79 Å². The van der Waals surface area contributed by atoms with Crippen LogP contribution in [0.25, 0.3) is 10.8 Å². The van der Waals surface area contributed by atoms with Crippen LogP contribution in [-0.2, 0) is 7.05 Å². The molecule has 18 heavy (non-hydrogen) atoms. The summed E-state index contributed by atoms with van der Waals surface area (Å²) >= 11 is 0. The van der Waals surface area contributed by atoms with Crippen molar-refractivity contribution >= 4 is 10.8 Å². The molecule has 0 spiro atoms. The van der Waals surface area contributed by atoms with Gasteiger partial charge in [0, 0.05) is 18.6 Å². The highest BCUT2D eigenvalue weighted by molar-refractivity contribution is 5.86. The van der Waals surface area contributed by atoms with E-state index in [0.717, 1.165) is 10.8 Å². The van der Waals surface area contributed by atoms with Gasteiger partial charge in [-0.05, 0) is 40.5 Å². The number of fused-ring (bicyclic) bond motifs is 1. The predicted octanol–water partition coefficient (Wildman–Crippen LogP) is 3.79. The maximum absolute atomic E-state index is 12.2. The molecule has 1 aromatic heterocycles. The quantitative estimate of drug-likeness (QED) is 0.786. The Bertz CT molecular complexity index is 635. The average Bonchev–Trinajstić information content (AvgIpc) is 2.32. The fraction of sp³-hybridized carbons (Fsp3) is 0.438. The second kappa shape index (κ2) is 4.60. The zero-order valence-corrected chi connectivity index (χ0v) is 11.8. The first kappa shape index (κ1) is 12.9. The highest BCUT2D eigenvalue weighted by Crippen LogP contribution is 2.28. The smallest absolute Gasteiger partial charge is 0.258 e. The number of aromatic nitrogens is 1. The second-order valence-corrected chi connectivity index (χ2v) is 5.61. The molecule has 0 atom stereocenters. The van der Waals surface area contributed by atoms with Crippen molar-refractivity contribution in [2.45, 2.75) is 39.5 Å². The van der Waals surface area contributed by atoms with E-state index in [1.807, 2.05) is 12.3 Å². The van der Waals surface area contributed by atoms with E-state index in [1.165, 1.54) is 11.1 Å². The molecule has 1 heterocycles. The monoisotopic (exact) mass is 243 g/mol. The third-order valence-electron chi connectivity index (χ3n) is 3.54. The Morgan fingerprint density at radius 2 is 1.67 bits per heavy atom. The first-order valence-electron chi connectivity index (χ1n) is 6.55. The molecule has 0 aliphatic carbocycles. The summed E-state index contributed by atoms with van der Waals surface area (Å²) in [7, 11) is 1.80. The minimum absolute atomic E-state index is 0.0944. The predicted molar refractivity (Wildman–Crippen MR) is 77.4 cm³/mol. The molecule has 2 heteroatoms.